The average molecular weight is 592 g/mol. The van der Waals surface area contributed by atoms with E-state index in [2.05, 4.69) is 17.0 Å². The first-order valence-corrected chi connectivity index (χ1v) is 15.8. The number of sulfonamides is 1. The van der Waals surface area contributed by atoms with Crippen LogP contribution in [0.15, 0.2) is 35.2 Å². The fourth-order valence-corrected chi connectivity index (χ4v) is 6.56. The second-order valence-corrected chi connectivity index (χ2v) is 13.2. The van der Waals surface area contributed by atoms with Gasteiger partial charge in [0.2, 0.25) is 15.9 Å². The van der Waals surface area contributed by atoms with E-state index >= 15 is 0 Å². The molecule has 0 radical (unpaired) electrons. The van der Waals surface area contributed by atoms with Gasteiger partial charge in [0.25, 0.3) is 0 Å². The SMILES string of the molecule is CCCCN1CCCCC(CCCNC(=O)OC(C)(C)C)(NS(=O)(=O)c2ccc3cc(OC)c(OC)cc3c2)C1=O. The van der Waals surface area contributed by atoms with Gasteiger partial charge >= 0.3 is 6.09 Å². The van der Waals surface area contributed by atoms with Gasteiger partial charge in [-0.05, 0) is 94.3 Å². The normalized spacial score (nSPS) is 18.2. The molecule has 2 aromatic rings. The van der Waals surface area contributed by atoms with Crippen LogP contribution in [0, 0.1) is 0 Å². The number of hydrogen-bond acceptors (Lipinski definition) is 7. The number of fused-ring (bicyclic) bond motifs is 1. The first-order chi connectivity index (χ1) is 19.3. The van der Waals surface area contributed by atoms with Gasteiger partial charge in [0.05, 0.1) is 19.1 Å². The molecule has 0 aliphatic carbocycles. The summed E-state index contributed by atoms with van der Waals surface area (Å²) in [4.78, 5) is 28.0. The Hall–Kier alpha value is -3.05. The van der Waals surface area contributed by atoms with E-state index in [0.29, 0.717) is 49.2 Å². The van der Waals surface area contributed by atoms with Crippen LogP contribution in [-0.4, -0.2) is 70.3 Å². The van der Waals surface area contributed by atoms with Crippen LogP contribution in [0.4, 0.5) is 4.79 Å². The van der Waals surface area contributed by atoms with Crippen molar-refractivity contribution in [2.24, 2.45) is 0 Å². The number of nitrogens with zero attached hydrogens (tertiary/aromatic N) is 1. The number of rotatable bonds is 12. The Morgan fingerprint density at radius 3 is 2.34 bits per heavy atom. The van der Waals surface area contributed by atoms with Gasteiger partial charge in [-0.15, -0.1) is 0 Å². The molecule has 2 N–H and O–H groups in total. The van der Waals surface area contributed by atoms with Crippen LogP contribution in [0.25, 0.3) is 10.8 Å². The van der Waals surface area contributed by atoms with E-state index in [1.54, 1.807) is 57.0 Å². The summed E-state index contributed by atoms with van der Waals surface area (Å²) in [6.07, 6.45) is 3.72. The van der Waals surface area contributed by atoms with Crippen molar-refractivity contribution < 1.29 is 32.2 Å². The Kier molecular flexibility index (Phi) is 10.9. The van der Waals surface area contributed by atoms with Gasteiger partial charge in [-0.25, -0.2) is 13.2 Å². The average Bonchev–Trinajstić information content (AvgIpc) is 3.06. The Bertz CT molecular complexity index is 1320. The van der Waals surface area contributed by atoms with E-state index in [1.807, 2.05) is 0 Å². The highest BCUT2D eigenvalue weighted by Gasteiger charge is 2.45. The minimum atomic E-state index is -4.10. The zero-order valence-corrected chi connectivity index (χ0v) is 26.0. The minimum absolute atomic E-state index is 0.0561. The summed E-state index contributed by atoms with van der Waals surface area (Å²) in [5.41, 5.74) is -1.96. The van der Waals surface area contributed by atoms with Gasteiger partial charge in [0, 0.05) is 19.6 Å². The molecular formula is C30H45N3O7S. The van der Waals surface area contributed by atoms with Crippen molar-refractivity contribution in [1.82, 2.24) is 14.9 Å². The standard InChI is InChI=1S/C30H45N3O7S/c1-7-8-17-33-18-10-9-14-30(27(33)34,15-11-16-31-28(35)40-29(2,3)4)32-41(36,37)24-13-12-22-20-25(38-5)26(39-6)21-23(22)19-24/h12-13,19-21,32H,7-11,14-18H2,1-6H3,(H,31,35). The highest BCUT2D eigenvalue weighted by Crippen LogP contribution is 2.34. The number of carbonyl (C=O) groups excluding carboxylic acids is 2. The maximum atomic E-state index is 14.0. The van der Waals surface area contributed by atoms with Crippen molar-refractivity contribution in [2.45, 2.75) is 88.7 Å². The Labute approximate surface area is 244 Å². The number of benzene rings is 2. The van der Waals surface area contributed by atoms with Crippen LogP contribution >= 0.6 is 0 Å². The number of hydrogen-bond donors (Lipinski definition) is 2. The molecule has 228 valence electrons. The summed E-state index contributed by atoms with van der Waals surface area (Å²) >= 11 is 0. The molecule has 0 saturated carbocycles. The first kappa shape index (κ1) is 32.5. The molecule has 2 amide bonds. The quantitative estimate of drug-likeness (QED) is 0.333. The number of methoxy groups -OCH3 is 2. The summed E-state index contributed by atoms with van der Waals surface area (Å²) in [6, 6.07) is 8.34. The zero-order valence-electron chi connectivity index (χ0n) is 25.2. The van der Waals surface area contributed by atoms with Gasteiger partial charge in [0.15, 0.2) is 11.5 Å². The molecule has 1 fully saturated rings. The predicted molar refractivity (Wildman–Crippen MR) is 159 cm³/mol. The fraction of sp³-hybridized carbons (Fsp3) is 0.600. The van der Waals surface area contributed by atoms with Crippen LogP contribution in [0.1, 0.15) is 72.6 Å². The zero-order chi connectivity index (χ0) is 30.3. The lowest BCUT2D eigenvalue weighted by Gasteiger charge is -2.36. The summed E-state index contributed by atoms with van der Waals surface area (Å²) in [6.45, 7) is 8.83. The first-order valence-electron chi connectivity index (χ1n) is 14.3. The van der Waals surface area contributed by atoms with E-state index in [9.17, 15) is 18.0 Å². The summed E-state index contributed by atoms with van der Waals surface area (Å²) in [7, 11) is -1.03. The molecule has 10 nitrogen and oxygen atoms in total. The number of unbranched alkanes of at least 4 members (excludes halogenated alkanes) is 1. The molecule has 1 aliphatic heterocycles. The van der Waals surface area contributed by atoms with E-state index in [1.165, 1.54) is 13.2 Å². The summed E-state index contributed by atoms with van der Waals surface area (Å²) < 4.78 is 46.7. The summed E-state index contributed by atoms with van der Waals surface area (Å²) in [5, 5.41) is 4.18. The molecule has 1 saturated heterocycles. The molecular weight excluding hydrogens is 546 g/mol. The molecule has 0 bridgehead atoms. The minimum Gasteiger partial charge on any atom is -0.493 e. The fourth-order valence-electron chi connectivity index (χ4n) is 5.11. The van der Waals surface area contributed by atoms with Gasteiger partial charge in [-0.2, -0.15) is 4.72 Å². The van der Waals surface area contributed by atoms with Crippen molar-refractivity contribution in [2.75, 3.05) is 33.9 Å². The van der Waals surface area contributed by atoms with Crippen molar-refractivity contribution in [3.63, 3.8) is 0 Å². The molecule has 11 heteroatoms. The molecule has 2 aromatic carbocycles. The lowest BCUT2D eigenvalue weighted by molar-refractivity contribution is -0.137. The Balaban J connectivity index is 1.91. The van der Waals surface area contributed by atoms with E-state index in [-0.39, 0.29) is 23.8 Å². The van der Waals surface area contributed by atoms with Crippen molar-refractivity contribution in [3.05, 3.63) is 30.3 Å². The van der Waals surface area contributed by atoms with Crippen LogP contribution < -0.4 is 19.5 Å². The number of alkyl carbamates (subject to hydrolysis) is 1. The number of carbonyl (C=O) groups is 2. The lowest BCUT2D eigenvalue weighted by atomic mass is 9.88. The topological polar surface area (TPSA) is 123 Å². The van der Waals surface area contributed by atoms with E-state index in [0.717, 1.165) is 24.6 Å². The maximum Gasteiger partial charge on any atom is 0.407 e. The molecule has 41 heavy (non-hydrogen) atoms. The highest BCUT2D eigenvalue weighted by atomic mass is 32.2. The molecule has 3 rings (SSSR count). The third kappa shape index (κ3) is 8.48. The number of nitrogens with one attached hydrogen (secondary N) is 2. The number of amides is 2. The smallest absolute Gasteiger partial charge is 0.407 e. The third-order valence-electron chi connectivity index (χ3n) is 7.16. The number of ether oxygens (including phenoxy) is 3. The molecule has 0 aromatic heterocycles. The Morgan fingerprint density at radius 1 is 1.02 bits per heavy atom. The number of likely N-dealkylation sites (tertiary alicyclic amines) is 1. The second-order valence-electron chi connectivity index (χ2n) is 11.5. The molecule has 1 aliphatic rings. The van der Waals surface area contributed by atoms with Crippen molar-refractivity contribution in [1.29, 1.82) is 0 Å². The van der Waals surface area contributed by atoms with Crippen LogP contribution in [-0.2, 0) is 19.6 Å². The van der Waals surface area contributed by atoms with Gasteiger partial charge < -0.3 is 24.4 Å². The molecule has 1 unspecified atom stereocenters. The maximum absolute atomic E-state index is 14.0. The van der Waals surface area contributed by atoms with Crippen LogP contribution in [0.3, 0.4) is 0 Å². The molecule has 1 heterocycles. The monoisotopic (exact) mass is 591 g/mol. The van der Waals surface area contributed by atoms with Gasteiger partial charge in [0.1, 0.15) is 11.1 Å². The lowest BCUT2D eigenvalue weighted by Crippen LogP contribution is -2.59. The third-order valence-corrected chi connectivity index (χ3v) is 8.70. The van der Waals surface area contributed by atoms with E-state index in [4.69, 9.17) is 14.2 Å². The Morgan fingerprint density at radius 2 is 1.71 bits per heavy atom. The van der Waals surface area contributed by atoms with Crippen molar-refractivity contribution in [3.8, 4) is 11.5 Å². The second kappa shape index (κ2) is 13.7. The highest BCUT2D eigenvalue weighted by molar-refractivity contribution is 7.89. The summed E-state index contributed by atoms with van der Waals surface area (Å²) in [5.74, 6) is 0.822. The largest absolute Gasteiger partial charge is 0.493 e. The van der Waals surface area contributed by atoms with Crippen LogP contribution in [0.2, 0.25) is 0 Å². The van der Waals surface area contributed by atoms with Gasteiger partial charge in [-0.3, -0.25) is 4.79 Å². The van der Waals surface area contributed by atoms with Gasteiger partial charge in [-0.1, -0.05) is 19.4 Å². The van der Waals surface area contributed by atoms with Crippen molar-refractivity contribution >= 4 is 32.8 Å². The molecule has 0 spiro atoms. The predicted octanol–water partition coefficient (Wildman–Crippen LogP) is 4.99. The van der Waals surface area contributed by atoms with E-state index < -0.39 is 27.3 Å². The molecule has 1 atom stereocenters. The van der Waals surface area contributed by atoms with Crippen LogP contribution in [0.5, 0.6) is 11.5 Å².